The molecule has 2 aliphatic rings. The van der Waals surface area contributed by atoms with Crippen molar-refractivity contribution < 1.29 is 17.9 Å². The molecule has 1 saturated carbocycles. The second-order valence-electron chi connectivity index (χ2n) is 6.05. The molecule has 0 radical (unpaired) electrons. The molecule has 1 aromatic carbocycles. The SMILES string of the molecule is Cl.NC1(CNS(=O)(=O)c2ccc3c(c2)OCCO3)CCCCC1. The summed E-state index contributed by atoms with van der Waals surface area (Å²) in [6.45, 7) is 1.17. The van der Waals surface area contributed by atoms with Gasteiger partial charge in [-0.25, -0.2) is 13.1 Å². The van der Waals surface area contributed by atoms with Gasteiger partial charge in [-0.3, -0.25) is 0 Å². The van der Waals surface area contributed by atoms with Crippen LogP contribution in [0.2, 0.25) is 0 Å². The molecule has 3 N–H and O–H groups in total. The number of nitrogens with one attached hydrogen (secondary N) is 1. The molecule has 1 fully saturated rings. The van der Waals surface area contributed by atoms with Crippen LogP contribution in [0.1, 0.15) is 32.1 Å². The normalized spacial score (nSPS) is 19.7. The first-order valence-electron chi connectivity index (χ1n) is 7.67. The number of halogens is 1. The molecule has 0 spiro atoms. The molecular formula is C15H23ClN2O4S. The largest absolute Gasteiger partial charge is 0.486 e. The number of sulfonamides is 1. The van der Waals surface area contributed by atoms with Gasteiger partial charge in [-0.1, -0.05) is 19.3 Å². The van der Waals surface area contributed by atoms with Gasteiger partial charge < -0.3 is 15.2 Å². The van der Waals surface area contributed by atoms with Gasteiger partial charge in [0.1, 0.15) is 13.2 Å². The molecule has 0 amide bonds. The highest BCUT2D eigenvalue weighted by Gasteiger charge is 2.29. The second kappa shape index (κ2) is 7.25. The van der Waals surface area contributed by atoms with Crippen LogP contribution in [-0.4, -0.2) is 33.7 Å². The lowest BCUT2D eigenvalue weighted by Gasteiger charge is -2.33. The summed E-state index contributed by atoms with van der Waals surface area (Å²) in [5, 5.41) is 0. The van der Waals surface area contributed by atoms with Crippen molar-refractivity contribution in [1.82, 2.24) is 4.72 Å². The summed E-state index contributed by atoms with van der Waals surface area (Å²) in [6, 6.07) is 4.66. The monoisotopic (exact) mass is 362 g/mol. The minimum absolute atomic E-state index is 0. The third-order valence-corrected chi connectivity index (χ3v) is 5.69. The van der Waals surface area contributed by atoms with Gasteiger partial charge in [-0.2, -0.15) is 0 Å². The van der Waals surface area contributed by atoms with Crippen LogP contribution in [0.5, 0.6) is 11.5 Å². The van der Waals surface area contributed by atoms with Gasteiger partial charge in [-0.15, -0.1) is 12.4 Å². The molecular weight excluding hydrogens is 340 g/mol. The van der Waals surface area contributed by atoms with E-state index in [1.807, 2.05) is 0 Å². The molecule has 1 aliphatic heterocycles. The van der Waals surface area contributed by atoms with Crippen molar-refractivity contribution in [2.45, 2.75) is 42.5 Å². The van der Waals surface area contributed by atoms with E-state index in [2.05, 4.69) is 4.72 Å². The Morgan fingerprint density at radius 2 is 1.74 bits per heavy atom. The van der Waals surface area contributed by atoms with Crippen molar-refractivity contribution in [2.24, 2.45) is 5.73 Å². The smallest absolute Gasteiger partial charge is 0.240 e. The first-order valence-corrected chi connectivity index (χ1v) is 9.15. The number of rotatable bonds is 4. The van der Waals surface area contributed by atoms with E-state index in [0.717, 1.165) is 25.7 Å². The fourth-order valence-electron chi connectivity index (χ4n) is 2.95. The summed E-state index contributed by atoms with van der Waals surface area (Å²) in [5.41, 5.74) is 5.85. The molecule has 0 saturated heterocycles. The number of fused-ring (bicyclic) bond motifs is 1. The lowest BCUT2D eigenvalue weighted by atomic mass is 9.83. The van der Waals surface area contributed by atoms with Crippen LogP contribution in [0.15, 0.2) is 23.1 Å². The number of hydrogen-bond acceptors (Lipinski definition) is 5. The fourth-order valence-corrected chi connectivity index (χ4v) is 4.10. The molecule has 6 nitrogen and oxygen atoms in total. The van der Waals surface area contributed by atoms with E-state index in [9.17, 15) is 8.42 Å². The quantitative estimate of drug-likeness (QED) is 0.852. The Balaban J connectivity index is 0.00000192. The Labute approximate surface area is 143 Å². The fraction of sp³-hybridized carbons (Fsp3) is 0.600. The van der Waals surface area contributed by atoms with E-state index in [0.29, 0.717) is 24.7 Å². The number of hydrogen-bond donors (Lipinski definition) is 2. The van der Waals surface area contributed by atoms with Gasteiger partial charge in [0.05, 0.1) is 4.90 Å². The van der Waals surface area contributed by atoms with E-state index in [4.69, 9.17) is 15.2 Å². The van der Waals surface area contributed by atoms with Gasteiger partial charge in [0.15, 0.2) is 11.5 Å². The summed E-state index contributed by atoms with van der Waals surface area (Å²) in [7, 11) is -3.60. The number of benzene rings is 1. The molecule has 130 valence electrons. The van der Waals surface area contributed by atoms with Gasteiger partial charge in [0.25, 0.3) is 0 Å². The molecule has 0 atom stereocenters. The predicted molar refractivity (Wildman–Crippen MR) is 89.9 cm³/mol. The van der Waals surface area contributed by atoms with Gasteiger partial charge in [-0.05, 0) is 25.0 Å². The highest BCUT2D eigenvalue weighted by atomic mass is 35.5. The molecule has 1 aromatic rings. The molecule has 8 heteroatoms. The predicted octanol–water partition coefficient (Wildman–Crippen LogP) is 1.82. The van der Waals surface area contributed by atoms with Crippen LogP contribution >= 0.6 is 12.4 Å². The molecule has 1 heterocycles. The lowest BCUT2D eigenvalue weighted by molar-refractivity contribution is 0.171. The van der Waals surface area contributed by atoms with Crippen LogP contribution < -0.4 is 19.9 Å². The lowest BCUT2D eigenvalue weighted by Crippen LogP contribution is -2.51. The topological polar surface area (TPSA) is 90.7 Å². The second-order valence-corrected chi connectivity index (χ2v) is 7.82. The number of ether oxygens (including phenoxy) is 2. The molecule has 0 unspecified atom stereocenters. The van der Waals surface area contributed by atoms with Crippen molar-refractivity contribution in [3.63, 3.8) is 0 Å². The minimum Gasteiger partial charge on any atom is -0.486 e. The van der Waals surface area contributed by atoms with E-state index in [1.165, 1.54) is 18.6 Å². The molecule has 0 bridgehead atoms. The molecule has 3 rings (SSSR count). The summed E-state index contributed by atoms with van der Waals surface area (Å²) in [4.78, 5) is 0.177. The van der Waals surface area contributed by atoms with Crippen molar-refractivity contribution in [2.75, 3.05) is 19.8 Å². The summed E-state index contributed by atoms with van der Waals surface area (Å²) >= 11 is 0. The van der Waals surface area contributed by atoms with Crippen LogP contribution in [0.25, 0.3) is 0 Å². The highest BCUT2D eigenvalue weighted by molar-refractivity contribution is 7.89. The summed E-state index contributed by atoms with van der Waals surface area (Å²) < 4.78 is 38.4. The van der Waals surface area contributed by atoms with Crippen LogP contribution in [0, 0.1) is 0 Å². The summed E-state index contributed by atoms with van der Waals surface area (Å²) in [5.74, 6) is 1.04. The van der Waals surface area contributed by atoms with Crippen LogP contribution in [0.3, 0.4) is 0 Å². The Morgan fingerprint density at radius 1 is 1.09 bits per heavy atom. The zero-order chi connectivity index (χ0) is 15.6. The van der Waals surface area contributed by atoms with Gasteiger partial charge in [0.2, 0.25) is 10.0 Å². The highest BCUT2D eigenvalue weighted by Crippen LogP contribution is 2.32. The molecule has 1 aliphatic carbocycles. The van der Waals surface area contributed by atoms with Gasteiger partial charge in [0, 0.05) is 18.2 Å². The van der Waals surface area contributed by atoms with Crippen molar-refractivity contribution in [1.29, 1.82) is 0 Å². The minimum atomic E-state index is -3.60. The van der Waals surface area contributed by atoms with Crippen molar-refractivity contribution in [3.8, 4) is 11.5 Å². The average molecular weight is 363 g/mol. The average Bonchev–Trinajstić information content (AvgIpc) is 2.53. The van der Waals surface area contributed by atoms with Crippen molar-refractivity contribution in [3.05, 3.63) is 18.2 Å². The first-order chi connectivity index (χ1) is 10.5. The van der Waals surface area contributed by atoms with Crippen LogP contribution in [-0.2, 0) is 10.0 Å². The molecule has 0 aromatic heterocycles. The maximum Gasteiger partial charge on any atom is 0.240 e. The Kier molecular flexibility index (Phi) is 5.78. The number of nitrogens with two attached hydrogens (primary N) is 1. The molecule has 23 heavy (non-hydrogen) atoms. The Bertz CT molecular complexity index is 645. The summed E-state index contributed by atoms with van der Waals surface area (Å²) in [6.07, 6.45) is 5.01. The van der Waals surface area contributed by atoms with Crippen molar-refractivity contribution >= 4 is 22.4 Å². The van der Waals surface area contributed by atoms with E-state index < -0.39 is 15.6 Å². The standard InChI is InChI=1S/C15H22N2O4S.ClH/c16-15(6-2-1-3-7-15)11-17-22(18,19)12-4-5-13-14(10-12)21-9-8-20-13;/h4-5,10,17H,1-3,6-9,11,16H2;1H. The third kappa shape index (κ3) is 4.29. The van der Waals surface area contributed by atoms with Gasteiger partial charge >= 0.3 is 0 Å². The third-order valence-electron chi connectivity index (χ3n) is 4.29. The van der Waals surface area contributed by atoms with Crippen LogP contribution in [0.4, 0.5) is 0 Å². The Hall–Kier alpha value is -1.02. The zero-order valence-corrected chi connectivity index (χ0v) is 14.5. The Morgan fingerprint density at radius 3 is 2.43 bits per heavy atom. The maximum atomic E-state index is 12.4. The maximum absolute atomic E-state index is 12.4. The first kappa shape index (κ1) is 18.3. The van der Waals surface area contributed by atoms with E-state index in [1.54, 1.807) is 6.07 Å². The van der Waals surface area contributed by atoms with E-state index >= 15 is 0 Å². The van der Waals surface area contributed by atoms with E-state index in [-0.39, 0.29) is 23.8 Å². The zero-order valence-electron chi connectivity index (χ0n) is 12.9.